The lowest BCUT2D eigenvalue weighted by molar-refractivity contribution is 0.0577. The van der Waals surface area contributed by atoms with Gasteiger partial charge in [-0.15, -0.1) is 0 Å². The Morgan fingerprint density at radius 2 is 1.84 bits per heavy atom. The van der Waals surface area contributed by atoms with E-state index in [1.165, 1.54) is 18.2 Å². The average Bonchev–Trinajstić information content (AvgIpc) is 3.16. The van der Waals surface area contributed by atoms with E-state index in [0.29, 0.717) is 34.9 Å². The molecular weight excluding hydrogens is 411 g/mol. The molecule has 9 heteroatoms. The quantitative estimate of drug-likeness (QED) is 0.362. The van der Waals surface area contributed by atoms with Crippen LogP contribution < -0.4 is 10.6 Å². The van der Waals surface area contributed by atoms with Crippen molar-refractivity contribution in [3.63, 3.8) is 0 Å². The highest BCUT2D eigenvalue weighted by molar-refractivity contribution is 5.84. The highest BCUT2D eigenvalue weighted by Crippen LogP contribution is 2.28. The van der Waals surface area contributed by atoms with Crippen LogP contribution in [0.25, 0.3) is 11.2 Å². The molecule has 32 heavy (non-hydrogen) atoms. The smallest absolute Gasteiger partial charge is 0.227 e. The lowest BCUT2D eigenvalue weighted by Crippen LogP contribution is -2.41. The molecule has 0 aliphatic carbocycles. The number of nitrogens with one attached hydrogen (secondary N) is 2. The van der Waals surface area contributed by atoms with E-state index in [9.17, 15) is 14.6 Å². The van der Waals surface area contributed by atoms with Gasteiger partial charge in [0.2, 0.25) is 5.95 Å². The number of benzene rings is 1. The van der Waals surface area contributed by atoms with Gasteiger partial charge in [0.1, 0.15) is 11.6 Å². The number of nitrogens with zero attached hydrogens (tertiary/aromatic N) is 4. The van der Waals surface area contributed by atoms with Crippen LogP contribution in [0.3, 0.4) is 0 Å². The van der Waals surface area contributed by atoms with Gasteiger partial charge >= 0.3 is 0 Å². The number of hydrogen-bond donors (Lipinski definition) is 4. The predicted molar refractivity (Wildman–Crippen MR) is 124 cm³/mol. The summed E-state index contributed by atoms with van der Waals surface area (Å²) in [4.78, 5) is 13.9. The van der Waals surface area contributed by atoms with Gasteiger partial charge in [0.15, 0.2) is 17.0 Å². The van der Waals surface area contributed by atoms with Crippen LogP contribution in [0.15, 0.2) is 24.5 Å². The van der Waals surface area contributed by atoms with Crippen molar-refractivity contribution in [3.05, 3.63) is 35.9 Å². The van der Waals surface area contributed by atoms with E-state index in [-0.39, 0.29) is 24.4 Å². The molecule has 0 saturated heterocycles. The topological polar surface area (TPSA) is 108 Å². The molecule has 0 fully saturated rings. The summed E-state index contributed by atoms with van der Waals surface area (Å²) in [6.07, 6.45) is 4.29. The standard InChI is InChI=1S/C23H33FN6O2/c1-6-16(7-2)30-13-26-19-20(25-12-14-11-15(24)9-10-17(14)31)28-22(29-21(19)30)27-18(8-3)23(4,5)32/h9-11,13,16,18,31-32H,6-8,12H2,1-5H3,(H2,25,27,28,29). The predicted octanol–water partition coefficient (Wildman–Crippen LogP) is 4.61. The number of aliphatic hydroxyl groups is 1. The first kappa shape index (κ1) is 23.7. The lowest BCUT2D eigenvalue weighted by Gasteiger charge is -2.29. The SMILES string of the molecule is CCC(CC)n1cnc2c(NCc3cc(F)ccc3O)nc(NC(CC)C(C)(C)O)nc21. The fraction of sp³-hybridized carbons (Fsp3) is 0.522. The third-order valence-electron chi connectivity index (χ3n) is 5.81. The van der Waals surface area contributed by atoms with Crippen molar-refractivity contribution in [2.45, 2.75) is 78.1 Å². The number of fused-ring (bicyclic) bond motifs is 1. The Hall–Kier alpha value is -2.94. The maximum atomic E-state index is 13.6. The van der Waals surface area contributed by atoms with Crippen molar-refractivity contribution in [2.75, 3.05) is 10.6 Å². The first-order valence-electron chi connectivity index (χ1n) is 11.1. The first-order valence-corrected chi connectivity index (χ1v) is 11.1. The molecule has 0 bridgehead atoms. The van der Waals surface area contributed by atoms with Gasteiger partial charge < -0.3 is 25.4 Å². The van der Waals surface area contributed by atoms with Crippen LogP contribution >= 0.6 is 0 Å². The molecule has 1 unspecified atom stereocenters. The molecule has 0 aliphatic heterocycles. The second-order valence-electron chi connectivity index (χ2n) is 8.58. The zero-order chi connectivity index (χ0) is 23.5. The van der Waals surface area contributed by atoms with Gasteiger partial charge in [-0.05, 0) is 51.3 Å². The van der Waals surface area contributed by atoms with Crippen LogP contribution in [0, 0.1) is 5.82 Å². The Kier molecular flexibility index (Phi) is 7.18. The van der Waals surface area contributed by atoms with Crippen molar-refractivity contribution >= 4 is 22.9 Å². The number of aromatic hydroxyl groups is 1. The number of rotatable bonds is 10. The Labute approximate surface area is 187 Å². The van der Waals surface area contributed by atoms with E-state index in [0.717, 1.165) is 12.8 Å². The maximum Gasteiger partial charge on any atom is 0.227 e. The molecule has 8 nitrogen and oxygen atoms in total. The average molecular weight is 445 g/mol. The van der Waals surface area contributed by atoms with E-state index in [1.54, 1.807) is 20.2 Å². The minimum absolute atomic E-state index is 0.00168. The summed E-state index contributed by atoms with van der Waals surface area (Å²) in [5.74, 6) is 0.406. The summed E-state index contributed by atoms with van der Waals surface area (Å²) in [5, 5.41) is 27.0. The highest BCUT2D eigenvalue weighted by atomic mass is 19.1. The Morgan fingerprint density at radius 3 is 2.47 bits per heavy atom. The zero-order valence-corrected chi connectivity index (χ0v) is 19.4. The minimum atomic E-state index is -0.969. The van der Waals surface area contributed by atoms with E-state index < -0.39 is 11.4 Å². The summed E-state index contributed by atoms with van der Waals surface area (Å²) in [5.41, 5.74) is 0.708. The second-order valence-corrected chi connectivity index (χ2v) is 8.58. The first-order chi connectivity index (χ1) is 15.2. The van der Waals surface area contributed by atoms with Crippen LogP contribution in [0.5, 0.6) is 5.75 Å². The van der Waals surface area contributed by atoms with E-state index in [4.69, 9.17) is 4.98 Å². The molecule has 1 aromatic carbocycles. The molecule has 0 saturated carbocycles. The van der Waals surface area contributed by atoms with Crippen molar-refractivity contribution in [3.8, 4) is 5.75 Å². The molecule has 0 amide bonds. The Balaban J connectivity index is 2.03. The minimum Gasteiger partial charge on any atom is -0.508 e. The summed E-state index contributed by atoms with van der Waals surface area (Å²) in [7, 11) is 0. The number of phenols is 1. The molecule has 2 heterocycles. The van der Waals surface area contributed by atoms with Crippen LogP contribution in [-0.2, 0) is 6.54 Å². The number of halogens is 1. The highest BCUT2D eigenvalue weighted by Gasteiger charge is 2.27. The third-order valence-corrected chi connectivity index (χ3v) is 5.81. The number of imidazole rings is 1. The molecule has 2 aromatic heterocycles. The summed E-state index contributed by atoms with van der Waals surface area (Å²) in [6, 6.07) is 3.79. The van der Waals surface area contributed by atoms with Gasteiger partial charge in [0.25, 0.3) is 0 Å². The van der Waals surface area contributed by atoms with Gasteiger partial charge in [0.05, 0.1) is 18.0 Å². The summed E-state index contributed by atoms with van der Waals surface area (Å²) in [6.45, 7) is 9.87. The van der Waals surface area contributed by atoms with Crippen LogP contribution in [0.4, 0.5) is 16.2 Å². The van der Waals surface area contributed by atoms with Gasteiger partial charge in [-0.1, -0.05) is 20.8 Å². The molecule has 0 aliphatic rings. The molecule has 3 aromatic rings. The van der Waals surface area contributed by atoms with E-state index >= 15 is 0 Å². The number of hydrogen-bond acceptors (Lipinski definition) is 7. The van der Waals surface area contributed by atoms with Crippen LogP contribution in [0.1, 0.15) is 65.5 Å². The normalized spacial score (nSPS) is 13.0. The van der Waals surface area contributed by atoms with Crippen molar-refractivity contribution in [2.24, 2.45) is 0 Å². The molecule has 4 N–H and O–H groups in total. The third kappa shape index (κ3) is 5.09. The zero-order valence-electron chi connectivity index (χ0n) is 19.4. The van der Waals surface area contributed by atoms with Crippen molar-refractivity contribution in [1.29, 1.82) is 0 Å². The lowest BCUT2D eigenvalue weighted by atomic mass is 9.97. The monoisotopic (exact) mass is 444 g/mol. The Morgan fingerprint density at radius 1 is 1.12 bits per heavy atom. The number of phenolic OH excluding ortho intramolecular Hbond substituents is 1. The van der Waals surface area contributed by atoms with Crippen LogP contribution in [-0.4, -0.2) is 41.4 Å². The molecule has 0 radical (unpaired) electrons. The fourth-order valence-electron chi connectivity index (χ4n) is 3.86. The molecule has 174 valence electrons. The maximum absolute atomic E-state index is 13.6. The second kappa shape index (κ2) is 9.68. The van der Waals surface area contributed by atoms with Gasteiger partial charge in [-0.2, -0.15) is 9.97 Å². The number of anilines is 2. The molecule has 1 atom stereocenters. The summed E-state index contributed by atoms with van der Waals surface area (Å²) < 4.78 is 15.7. The van der Waals surface area contributed by atoms with Crippen molar-refractivity contribution in [1.82, 2.24) is 19.5 Å². The number of aromatic nitrogens is 4. The van der Waals surface area contributed by atoms with Gasteiger partial charge in [0, 0.05) is 18.2 Å². The van der Waals surface area contributed by atoms with Gasteiger partial charge in [-0.3, -0.25) is 0 Å². The fourth-order valence-corrected chi connectivity index (χ4v) is 3.86. The van der Waals surface area contributed by atoms with Gasteiger partial charge in [-0.25, -0.2) is 9.37 Å². The Bertz CT molecular complexity index is 1060. The molecule has 3 rings (SSSR count). The van der Waals surface area contributed by atoms with Crippen LogP contribution in [0.2, 0.25) is 0 Å². The summed E-state index contributed by atoms with van der Waals surface area (Å²) >= 11 is 0. The van der Waals surface area contributed by atoms with Crippen molar-refractivity contribution < 1.29 is 14.6 Å². The molecule has 0 spiro atoms. The molecular formula is C23H33FN6O2. The largest absolute Gasteiger partial charge is 0.508 e. The van der Waals surface area contributed by atoms with E-state index in [2.05, 4.69) is 34.4 Å². The van der Waals surface area contributed by atoms with E-state index in [1.807, 2.05) is 11.5 Å².